The van der Waals surface area contributed by atoms with Crippen LogP contribution in [-0.2, 0) is 6.42 Å². The Morgan fingerprint density at radius 3 is 2.25 bits per heavy atom. The summed E-state index contributed by atoms with van der Waals surface area (Å²) in [5.41, 5.74) is 2.89. The highest BCUT2D eigenvalue weighted by Gasteiger charge is 2.22. The van der Waals surface area contributed by atoms with E-state index in [0.29, 0.717) is 12.1 Å². The van der Waals surface area contributed by atoms with Crippen molar-refractivity contribution in [3.05, 3.63) is 35.4 Å². The topological polar surface area (TPSA) is 12.0 Å². The molecule has 1 aromatic carbocycles. The largest absolute Gasteiger partial charge is 0.307 e. The molecule has 0 amide bonds. The second kappa shape index (κ2) is 8.09. The number of nitrogens with one attached hydrogen (secondary N) is 1. The number of hydrogen-bond donors (Lipinski definition) is 1. The van der Waals surface area contributed by atoms with Gasteiger partial charge in [-0.05, 0) is 55.9 Å². The zero-order valence-electron chi connectivity index (χ0n) is 13.2. The molecule has 0 aliphatic heterocycles. The molecule has 1 aromatic rings. The normalized spacial score (nSPS) is 24.6. The summed E-state index contributed by atoms with van der Waals surface area (Å²) in [5.74, 6) is 0. The molecule has 1 unspecified atom stereocenters. The maximum atomic E-state index is 3.89. The van der Waals surface area contributed by atoms with E-state index in [9.17, 15) is 0 Å². The fourth-order valence-corrected chi connectivity index (χ4v) is 3.93. The molecule has 0 heterocycles. The summed E-state index contributed by atoms with van der Waals surface area (Å²) in [6, 6.07) is 10.4. The highest BCUT2D eigenvalue weighted by molar-refractivity contribution is 7.99. The third-order valence-corrected chi connectivity index (χ3v) is 5.78. The number of hydrogen-bond acceptors (Lipinski definition) is 2. The van der Waals surface area contributed by atoms with Gasteiger partial charge in [0.1, 0.15) is 0 Å². The molecular weight excluding hydrogens is 262 g/mol. The smallest absolute Gasteiger partial charge is 0.0320 e. The van der Waals surface area contributed by atoms with Crippen LogP contribution in [0.1, 0.15) is 63.1 Å². The van der Waals surface area contributed by atoms with Crippen LogP contribution in [0.3, 0.4) is 0 Å². The first-order valence-corrected chi connectivity index (χ1v) is 9.43. The minimum Gasteiger partial charge on any atom is -0.307 e. The summed E-state index contributed by atoms with van der Waals surface area (Å²) in [4.78, 5) is 0. The SMILES string of the molecule is CCc1ccc(C(CC)NC2CCC(SC)CC2)cc1. The molecule has 0 saturated heterocycles. The Balaban J connectivity index is 1.91. The van der Waals surface area contributed by atoms with Gasteiger partial charge in [0, 0.05) is 17.3 Å². The molecule has 1 N–H and O–H groups in total. The summed E-state index contributed by atoms with van der Waals surface area (Å²) in [7, 11) is 0. The number of thioether (sulfide) groups is 1. The standard InChI is InChI=1S/C18H29NS/c1-4-14-6-8-15(9-7-14)18(5-2)19-16-10-12-17(20-3)13-11-16/h6-9,16-19H,4-5,10-13H2,1-3H3. The van der Waals surface area contributed by atoms with Gasteiger partial charge in [0.15, 0.2) is 0 Å². The van der Waals surface area contributed by atoms with Crippen molar-refractivity contribution in [3.8, 4) is 0 Å². The van der Waals surface area contributed by atoms with Crippen molar-refractivity contribution in [1.29, 1.82) is 0 Å². The van der Waals surface area contributed by atoms with Crippen LogP contribution in [-0.4, -0.2) is 17.5 Å². The first-order valence-electron chi connectivity index (χ1n) is 8.14. The van der Waals surface area contributed by atoms with Gasteiger partial charge in [0.2, 0.25) is 0 Å². The zero-order valence-corrected chi connectivity index (χ0v) is 14.0. The van der Waals surface area contributed by atoms with Gasteiger partial charge >= 0.3 is 0 Å². The van der Waals surface area contributed by atoms with Crippen LogP contribution in [0.25, 0.3) is 0 Å². The first kappa shape index (κ1) is 15.9. The zero-order chi connectivity index (χ0) is 14.4. The van der Waals surface area contributed by atoms with Gasteiger partial charge < -0.3 is 5.32 Å². The van der Waals surface area contributed by atoms with E-state index in [0.717, 1.165) is 11.7 Å². The van der Waals surface area contributed by atoms with Gasteiger partial charge in [0.25, 0.3) is 0 Å². The lowest BCUT2D eigenvalue weighted by molar-refractivity contribution is 0.339. The van der Waals surface area contributed by atoms with Crippen molar-refractivity contribution in [2.75, 3.05) is 6.26 Å². The van der Waals surface area contributed by atoms with E-state index in [2.05, 4.69) is 49.7 Å². The van der Waals surface area contributed by atoms with Crippen LogP contribution in [0.2, 0.25) is 0 Å². The van der Waals surface area contributed by atoms with Crippen LogP contribution >= 0.6 is 11.8 Å². The Kier molecular flexibility index (Phi) is 6.44. The van der Waals surface area contributed by atoms with E-state index in [4.69, 9.17) is 0 Å². The molecule has 1 aliphatic carbocycles. The van der Waals surface area contributed by atoms with Crippen molar-refractivity contribution >= 4 is 11.8 Å². The summed E-state index contributed by atoms with van der Waals surface area (Å²) in [5, 5.41) is 4.79. The maximum Gasteiger partial charge on any atom is 0.0320 e. The van der Waals surface area contributed by atoms with E-state index in [1.165, 1.54) is 43.2 Å². The molecule has 2 rings (SSSR count). The average molecular weight is 292 g/mol. The number of aryl methyl sites for hydroxylation is 1. The molecule has 0 bridgehead atoms. The third kappa shape index (κ3) is 4.26. The molecular formula is C18H29NS. The Morgan fingerprint density at radius 2 is 1.75 bits per heavy atom. The van der Waals surface area contributed by atoms with E-state index >= 15 is 0 Å². The predicted molar refractivity (Wildman–Crippen MR) is 91.5 cm³/mol. The quantitative estimate of drug-likeness (QED) is 0.794. The fourth-order valence-electron chi connectivity index (χ4n) is 3.19. The second-order valence-corrected chi connectivity index (χ2v) is 7.07. The summed E-state index contributed by atoms with van der Waals surface area (Å²) in [6.07, 6.45) is 10.00. The molecule has 0 radical (unpaired) electrons. The molecule has 1 aliphatic rings. The van der Waals surface area contributed by atoms with Gasteiger partial charge in [-0.2, -0.15) is 11.8 Å². The van der Waals surface area contributed by atoms with Gasteiger partial charge in [-0.1, -0.05) is 38.1 Å². The van der Waals surface area contributed by atoms with Gasteiger partial charge in [-0.3, -0.25) is 0 Å². The molecule has 1 fully saturated rings. The van der Waals surface area contributed by atoms with Gasteiger partial charge in [-0.25, -0.2) is 0 Å². The van der Waals surface area contributed by atoms with Crippen molar-refractivity contribution in [3.63, 3.8) is 0 Å². The molecule has 112 valence electrons. The predicted octanol–water partition coefficient (Wildman–Crippen LogP) is 4.96. The Hall–Kier alpha value is -0.470. The van der Waals surface area contributed by atoms with E-state index < -0.39 is 0 Å². The van der Waals surface area contributed by atoms with Crippen LogP contribution in [0, 0.1) is 0 Å². The number of rotatable bonds is 6. The molecule has 20 heavy (non-hydrogen) atoms. The summed E-state index contributed by atoms with van der Waals surface area (Å²) < 4.78 is 0. The van der Waals surface area contributed by atoms with Crippen molar-refractivity contribution in [2.24, 2.45) is 0 Å². The Morgan fingerprint density at radius 1 is 1.10 bits per heavy atom. The van der Waals surface area contributed by atoms with Gasteiger partial charge in [0.05, 0.1) is 0 Å². The van der Waals surface area contributed by atoms with E-state index in [1.807, 2.05) is 11.8 Å². The molecule has 0 spiro atoms. The lowest BCUT2D eigenvalue weighted by Crippen LogP contribution is -2.36. The molecule has 1 nitrogen and oxygen atoms in total. The molecule has 1 saturated carbocycles. The van der Waals surface area contributed by atoms with Gasteiger partial charge in [-0.15, -0.1) is 0 Å². The lowest BCUT2D eigenvalue weighted by Gasteiger charge is -2.31. The molecule has 2 heteroatoms. The lowest BCUT2D eigenvalue weighted by atomic mass is 9.93. The summed E-state index contributed by atoms with van der Waals surface area (Å²) >= 11 is 2.05. The summed E-state index contributed by atoms with van der Waals surface area (Å²) in [6.45, 7) is 4.51. The highest BCUT2D eigenvalue weighted by atomic mass is 32.2. The van der Waals surface area contributed by atoms with Crippen LogP contribution < -0.4 is 5.32 Å². The van der Waals surface area contributed by atoms with Crippen molar-refractivity contribution < 1.29 is 0 Å². The fraction of sp³-hybridized carbons (Fsp3) is 0.667. The Labute approximate surface area is 128 Å². The van der Waals surface area contributed by atoms with E-state index in [1.54, 1.807) is 0 Å². The monoisotopic (exact) mass is 291 g/mol. The Bertz CT molecular complexity index is 379. The van der Waals surface area contributed by atoms with Crippen molar-refractivity contribution in [2.45, 2.75) is 69.7 Å². The minimum absolute atomic E-state index is 0.525. The first-order chi connectivity index (χ1) is 9.76. The van der Waals surface area contributed by atoms with Crippen molar-refractivity contribution in [1.82, 2.24) is 5.32 Å². The maximum absolute atomic E-state index is 3.89. The minimum atomic E-state index is 0.525. The van der Waals surface area contributed by atoms with Crippen LogP contribution in [0.5, 0.6) is 0 Å². The van der Waals surface area contributed by atoms with E-state index in [-0.39, 0.29) is 0 Å². The molecule has 1 atom stereocenters. The van der Waals surface area contributed by atoms with Crippen LogP contribution in [0.4, 0.5) is 0 Å². The number of benzene rings is 1. The second-order valence-electron chi connectivity index (χ2n) is 5.93. The highest BCUT2D eigenvalue weighted by Crippen LogP contribution is 2.29. The average Bonchev–Trinajstić information content (AvgIpc) is 2.53. The molecule has 0 aromatic heterocycles. The van der Waals surface area contributed by atoms with Crippen LogP contribution in [0.15, 0.2) is 24.3 Å². The third-order valence-electron chi connectivity index (χ3n) is 4.64.